The molecule has 0 aromatic heterocycles. The lowest BCUT2D eigenvalue weighted by molar-refractivity contribution is -0.141. The number of rotatable bonds is 9. The predicted molar refractivity (Wildman–Crippen MR) is 129 cm³/mol. The first-order valence-electron chi connectivity index (χ1n) is 10.9. The molecule has 1 unspecified atom stereocenters. The number of nitrogens with one attached hydrogen (secondary N) is 1. The van der Waals surface area contributed by atoms with Gasteiger partial charge in [-0.25, -0.2) is 4.39 Å². The van der Waals surface area contributed by atoms with Gasteiger partial charge in [-0.15, -0.1) is 0 Å². The van der Waals surface area contributed by atoms with Crippen molar-refractivity contribution in [3.05, 3.63) is 106 Å². The van der Waals surface area contributed by atoms with Gasteiger partial charge in [0.1, 0.15) is 11.9 Å². The summed E-state index contributed by atoms with van der Waals surface area (Å²) in [5, 5.41) is 3.56. The Labute approximate surface area is 199 Å². The molecule has 1 atom stereocenters. The fourth-order valence-corrected chi connectivity index (χ4v) is 3.73. The van der Waals surface area contributed by atoms with Crippen molar-refractivity contribution in [1.82, 2.24) is 10.2 Å². The highest BCUT2D eigenvalue weighted by molar-refractivity contribution is 6.30. The van der Waals surface area contributed by atoms with Crippen molar-refractivity contribution < 1.29 is 14.0 Å². The molecular weight excluding hydrogens is 439 g/mol. The molecule has 0 aliphatic carbocycles. The van der Waals surface area contributed by atoms with Crippen LogP contribution >= 0.6 is 11.6 Å². The van der Waals surface area contributed by atoms with Crippen LogP contribution in [-0.2, 0) is 29.0 Å². The van der Waals surface area contributed by atoms with Crippen LogP contribution in [0.4, 0.5) is 4.39 Å². The van der Waals surface area contributed by atoms with Gasteiger partial charge in [0.15, 0.2) is 0 Å². The SMILES string of the molecule is CC(C)NC(=O)C(Cc1ccccc1)N(Cc1ccc(Cl)cc1)C(=O)Cc1ccc(F)cc1. The Bertz CT molecular complexity index is 1050. The van der Waals surface area contributed by atoms with Crippen molar-refractivity contribution in [3.8, 4) is 0 Å². The molecular formula is C27H28ClFN2O2. The lowest BCUT2D eigenvalue weighted by Crippen LogP contribution is -2.52. The maximum Gasteiger partial charge on any atom is 0.243 e. The van der Waals surface area contributed by atoms with Gasteiger partial charge in [0.2, 0.25) is 11.8 Å². The van der Waals surface area contributed by atoms with Crippen LogP contribution in [0.1, 0.15) is 30.5 Å². The van der Waals surface area contributed by atoms with E-state index in [-0.39, 0.29) is 36.6 Å². The lowest BCUT2D eigenvalue weighted by Gasteiger charge is -2.32. The van der Waals surface area contributed by atoms with Crippen molar-refractivity contribution in [2.24, 2.45) is 0 Å². The minimum atomic E-state index is -0.710. The normalized spacial score (nSPS) is 11.8. The molecule has 0 saturated carbocycles. The predicted octanol–water partition coefficient (Wildman–Crippen LogP) is 5.19. The van der Waals surface area contributed by atoms with Crippen molar-refractivity contribution in [2.45, 2.75) is 45.3 Å². The van der Waals surface area contributed by atoms with Crippen LogP contribution < -0.4 is 5.32 Å². The third-order valence-electron chi connectivity index (χ3n) is 5.24. The number of carbonyl (C=O) groups is 2. The topological polar surface area (TPSA) is 49.4 Å². The van der Waals surface area contributed by atoms with E-state index in [2.05, 4.69) is 5.32 Å². The molecule has 0 radical (unpaired) electrons. The standard InChI is InChI=1S/C27H28ClFN2O2/c1-19(2)30-27(33)25(16-20-6-4-3-5-7-20)31(18-22-8-12-23(28)13-9-22)26(32)17-21-10-14-24(29)15-11-21/h3-15,19,25H,16-18H2,1-2H3,(H,30,33). The Hall–Kier alpha value is -3.18. The first-order chi connectivity index (χ1) is 15.8. The zero-order valence-corrected chi connectivity index (χ0v) is 19.6. The van der Waals surface area contributed by atoms with Crippen LogP contribution in [0.5, 0.6) is 0 Å². The Kier molecular flexibility index (Phi) is 8.61. The molecule has 0 spiro atoms. The average Bonchev–Trinajstić information content (AvgIpc) is 2.79. The zero-order valence-electron chi connectivity index (χ0n) is 18.8. The highest BCUT2D eigenvalue weighted by Crippen LogP contribution is 2.18. The van der Waals surface area contributed by atoms with Gasteiger partial charge in [-0.05, 0) is 54.8 Å². The van der Waals surface area contributed by atoms with E-state index < -0.39 is 6.04 Å². The third-order valence-corrected chi connectivity index (χ3v) is 5.49. The minimum absolute atomic E-state index is 0.0636. The summed E-state index contributed by atoms with van der Waals surface area (Å²) in [6.45, 7) is 4.03. The van der Waals surface area contributed by atoms with E-state index in [4.69, 9.17) is 11.6 Å². The number of halogens is 2. The summed E-state index contributed by atoms with van der Waals surface area (Å²) in [5.74, 6) is -0.783. The Morgan fingerprint density at radius 2 is 1.48 bits per heavy atom. The molecule has 3 rings (SSSR count). The number of benzene rings is 3. The molecule has 33 heavy (non-hydrogen) atoms. The van der Waals surface area contributed by atoms with Gasteiger partial charge in [0.25, 0.3) is 0 Å². The minimum Gasteiger partial charge on any atom is -0.352 e. The highest BCUT2D eigenvalue weighted by atomic mass is 35.5. The summed E-state index contributed by atoms with van der Waals surface area (Å²) in [5.41, 5.74) is 2.50. The van der Waals surface area contributed by atoms with Crippen LogP contribution in [0.25, 0.3) is 0 Å². The summed E-state index contributed by atoms with van der Waals surface area (Å²) in [6, 6.07) is 21.9. The quantitative estimate of drug-likeness (QED) is 0.472. The van der Waals surface area contributed by atoms with Gasteiger partial charge < -0.3 is 10.2 Å². The fourth-order valence-electron chi connectivity index (χ4n) is 3.60. The van der Waals surface area contributed by atoms with E-state index in [1.807, 2.05) is 56.3 Å². The number of hydrogen-bond acceptors (Lipinski definition) is 2. The van der Waals surface area contributed by atoms with Crippen molar-refractivity contribution in [3.63, 3.8) is 0 Å². The average molecular weight is 467 g/mol. The molecule has 0 heterocycles. The molecule has 0 bridgehead atoms. The maximum absolute atomic E-state index is 13.5. The van der Waals surface area contributed by atoms with Gasteiger partial charge in [0.05, 0.1) is 6.42 Å². The van der Waals surface area contributed by atoms with Gasteiger partial charge in [-0.1, -0.05) is 66.2 Å². The van der Waals surface area contributed by atoms with Gasteiger partial charge in [-0.2, -0.15) is 0 Å². The molecule has 172 valence electrons. The van der Waals surface area contributed by atoms with Crippen molar-refractivity contribution in [2.75, 3.05) is 0 Å². The van der Waals surface area contributed by atoms with E-state index in [0.29, 0.717) is 17.0 Å². The van der Waals surface area contributed by atoms with Crippen LogP contribution in [0.3, 0.4) is 0 Å². The van der Waals surface area contributed by atoms with E-state index in [1.54, 1.807) is 29.2 Å². The number of nitrogens with zero attached hydrogens (tertiary/aromatic N) is 1. The number of amides is 2. The first kappa shape index (κ1) is 24.5. The molecule has 0 aliphatic rings. The smallest absolute Gasteiger partial charge is 0.243 e. The van der Waals surface area contributed by atoms with Crippen LogP contribution in [0.2, 0.25) is 5.02 Å². The third kappa shape index (κ3) is 7.43. The molecule has 3 aromatic rings. The summed E-state index contributed by atoms with van der Waals surface area (Å²) in [7, 11) is 0. The summed E-state index contributed by atoms with van der Waals surface area (Å²) in [4.78, 5) is 28.4. The van der Waals surface area contributed by atoms with Gasteiger partial charge >= 0.3 is 0 Å². The van der Waals surface area contributed by atoms with Gasteiger partial charge in [-0.3, -0.25) is 9.59 Å². The van der Waals surface area contributed by atoms with E-state index in [1.165, 1.54) is 12.1 Å². The highest BCUT2D eigenvalue weighted by Gasteiger charge is 2.30. The molecule has 0 fully saturated rings. The van der Waals surface area contributed by atoms with Crippen molar-refractivity contribution in [1.29, 1.82) is 0 Å². The van der Waals surface area contributed by atoms with E-state index >= 15 is 0 Å². The van der Waals surface area contributed by atoms with Crippen LogP contribution in [0.15, 0.2) is 78.9 Å². The summed E-state index contributed by atoms with van der Waals surface area (Å²) < 4.78 is 13.3. The molecule has 3 aromatic carbocycles. The largest absolute Gasteiger partial charge is 0.352 e. The first-order valence-corrected chi connectivity index (χ1v) is 11.3. The second-order valence-corrected chi connectivity index (χ2v) is 8.76. The zero-order chi connectivity index (χ0) is 23.8. The lowest BCUT2D eigenvalue weighted by atomic mass is 10.0. The number of hydrogen-bond donors (Lipinski definition) is 1. The van der Waals surface area contributed by atoms with Crippen LogP contribution in [-0.4, -0.2) is 28.8 Å². The summed E-state index contributed by atoms with van der Waals surface area (Å²) >= 11 is 6.03. The second-order valence-electron chi connectivity index (χ2n) is 8.32. The monoisotopic (exact) mass is 466 g/mol. The van der Waals surface area contributed by atoms with E-state index in [9.17, 15) is 14.0 Å². The second kappa shape index (κ2) is 11.6. The molecule has 6 heteroatoms. The van der Waals surface area contributed by atoms with Gasteiger partial charge in [0, 0.05) is 24.0 Å². The Balaban J connectivity index is 1.95. The maximum atomic E-state index is 13.5. The molecule has 4 nitrogen and oxygen atoms in total. The fraction of sp³-hybridized carbons (Fsp3) is 0.259. The molecule has 1 N–H and O–H groups in total. The Morgan fingerprint density at radius 1 is 0.879 bits per heavy atom. The Morgan fingerprint density at radius 3 is 2.09 bits per heavy atom. The molecule has 0 aliphatic heterocycles. The summed E-state index contributed by atoms with van der Waals surface area (Å²) in [6.07, 6.45) is 0.441. The molecule has 0 saturated heterocycles. The molecule has 2 amide bonds. The van der Waals surface area contributed by atoms with Crippen LogP contribution in [0, 0.1) is 5.82 Å². The van der Waals surface area contributed by atoms with Crippen molar-refractivity contribution >= 4 is 23.4 Å². The number of carbonyl (C=O) groups excluding carboxylic acids is 2. The van der Waals surface area contributed by atoms with E-state index in [0.717, 1.165) is 11.1 Å².